The molecule has 0 saturated heterocycles. The Labute approximate surface area is 223 Å². The molecule has 3 heterocycles. The van der Waals surface area contributed by atoms with Gasteiger partial charge in [0.2, 0.25) is 5.91 Å². The van der Waals surface area contributed by atoms with E-state index in [4.69, 9.17) is 4.74 Å². The van der Waals surface area contributed by atoms with Crippen molar-refractivity contribution in [1.29, 1.82) is 0 Å². The minimum atomic E-state index is -0.649. The summed E-state index contributed by atoms with van der Waals surface area (Å²) in [5.74, 6) is -1.03. The molecule has 198 valence electrons. The zero-order chi connectivity index (χ0) is 27.9. The quantitative estimate of drug-likeness (QED) is 0.312. The standard InChI is InChI=1S/C27H24FN7O4/c1-16(36)34-25-13-18(7-10-33-25)35(17-6-9-31-22(12-17)26(37)29-2)24-5-4-19(14-21(24)28)39-20-8-11-32-23(15-20)27(38)30-3/h4-15H,1-3H3,(H,29,37)(H,30,38)(H,33,34,36). The van der Waals surface area contributed by atoms with Gasteiger partial charge in [-0.15, -0.1) is 0 Å². The first-order chi connectivity index (χ1) is 18.8. The molecule has 1 aromatic carbocycles. The Morgan fingerprint density at radius 1 is 0.769 bits per heavy atom. The predicted octanol–water partition coefficient (Wildman–Crippen LogP) is 3.95. The highest BCUT2D eigenvalue weighted by atomic mass is 19.1. The molecule has 3 aromatic heterocycles. The molecule has 0 radical (unpaired) electrons. The number of aromatic nitrogens is 3. The van der Waals surface area contributed by atoms with Gasteiger partial charge in [0.05, 0.1) is 17.1 Å². The first kappa shape index (κ1) is 26.7. The van der Waals surface area contributed by atoms with Gasteiger partial charge in [0, 0.05) is 57.8 Å². The Kier molecular flexibility index (Phi) is 8.05. The fourth-order valence-corrected chi connectivity index (χ4v) is 3.64. The zero-order valence-electron chi connectivity index (χ0n) is 21.2. The maximum Gasteiger partial charge on any atom is 0.269 e. The van der Waals surface area contributed by atoms with Crippen LogP contribution in [0, 0.1) is 5.82 Å². The van der Waals surface area contributed by atoms with E-state index in [-0.39, 0.29) is 40.5 Å². The molecule has 12 heteroatoms. The van der Waals surface area contributed by atoms with Crippen molar-refractivity contribution in [1.82, 2.24) is 25.6 Å². The van der Waals surface area contributed by atoms with Gasteiger partial charge < -0.3 is 25.6 Å². The van der Waals surface area contributed by atoms with E-state index in [1.54, 1.807) is 35.2 Å². The summed E-state index contributed by atoms with van der Waals surface area (Å²) in [7, 11) is 2.97. The second-order valence-electron chi connectivity index (χ2n) is 8.07. The molecular formula is C27H24FN7O4. The van der Waals surface area contributed by atoms with Gasteiger partial charge in [-0.25, -0.2) is 9.37 Å². The van der Waals surface area contributed by atoms with E-state index >= 15 is 4.39 Å². The number of nitrogens with zero attached hydrogens (tertiary/aromatic N) is 4. The first-order valence-corrected chi connectivity index (χ1v) is 11.7. The van der Waals surface area contributed by atoms with Crippen molar-refractivity contribution in [3.05, 3.63) is 90.4 Å². The lowest BCUT2D eigenvalue weighted by molar-refractivity contribution is -0.114. The van der Waals surface area contributed by atoms with Crippen LogP contribution in [-0.4, -0.2) is 46.8 Å². The summed E-state index contributed by atoms with van der Waals surface area (Å²) in [6, 6.07) is 13.6. The fraction of sp³-hybridized carbons (Fsp3) is 0.111. The minimum Gasteiger partial charge on any atom is -0.457 e. The van der Waals surface area contributed by atoms with Crippen molar-refractivity contribution in [2.75, 3.05) is 24.3 Å². The Balaban J connectivity index is 1.75. The molecule has 0 bridgehead atoms. The SMILES string of the molecule is CNC(=O)c1cc(Oc2ccc(N(c3ccnc(NC(C)=O)c3)c3ccnc(C(=O)NC)c3)c(F)c2)ccn1. The highest BCUT2D eigenvalue weighted by molar-refractivity contribution is 5.94. The van der Waals surface area contributed by atoms with Gasteiger partial charge >= 0.3 is 0 Å². The van der Waals surface area contributed by atoms with Crippen molar-refractivity contribution in [3.8, 4) is 11.5 Å². The second kappa shape index (κ2) is 11.8. The van der Waals surface area contributed by atoms with Gasteiger partial charge in [0.25, 0.3) is 11.8 Å². The maximum atomic E-state index is 15.7. The number of hydrogen-bond donors (Lipinski definition) is 3. The number of amides is 3. The van der Waals surface area contributed by atoms with Gasteiger partial charge in [-0.1, -0.05) is 0 Å². The Bertz CT molecular complexity index is 1550. The summed E-state index contributed by atoms with van der Waals surface area (Å²) in [5.41, 5.74) is 1.29. The van der Waals surface area contributed by atoms with Crippen LogP contribution in [0.1, 0.15) is 27.9 Å². The average molecular weight is 530 g/mol. The van der Waals surface area contributed by atoms with E-state index in [0.717, 1.165) is 0 Å². The van der Waals surface area contributed by atoms with Gasteiger partial charge in [-0.05, 0) is 36.4 Å². The van der Waals surface area contributed by atoms with Crippen LogP contribution in [0.5, 0.6) is 11.5 Å². The third-order valence-corrected chi connectivity index (χ3v) is 5.35. The summed E-state index contributed by atoms with van der Waals surface area (Å²) in [5, 5.41) is 7.61. The lowest BCUT2D eigenvalue weighted by Crippen LogP contribution is -2.20. The molecule has 39 heavy (non-hydrogen) atoms. The number of benzene rings is 1. The van der Waals surface area contributed by atoms with Gasteiger partial charge in [-0.3, -0.25) is 24.4 Å². The third-order valence-electron chi connectivity index (χ3n) is 5.35. The van der Waals surface area contributed by atoms with E-state index in [9.17, 15) is 14.4 Å². The molecule has 0 spiro atoms. The minimum absolute atomic E-state index is 0.122. The van der Waals surface area contributed by atoms with E-state index in [0.29, 0.717) is 17.1 Å². The number of nitrogens with one attached hydrogen (secondary N) is 3. The molecule has 0 saturated carbocycles. The topological polar surface area (TPSA) is 138 Å². The van der Waals surface area contributed by atoms with Crippen molar-refractivity contribution in [3.63, 3.8) is 0 Å². The summed E-state index contributed by atoms with van der Waals surface area (Å²) >= 11 is 0. The molecule has 11 nitrogen and oxygen atoms in total. The molecule has 3 N–H and O–H groups in total. The summed E-state index contributed by atoms with van der Waals surface area (Å²) in [4.78, 5) is 49.5. The largest absolute Gasteiger partial charge is 0.457 e. The third kappa shape index (κ3) is 6.31. The smallest absolute Gasteiger partial charge is 0.269 e. The Hall–Kier alpha value is -5.39. The summed E-state index contributed by atoms with van der Waals surface area (Å²) in [6.07, 6.45) is 4.32. The molecule has 4 rings (SSSR count). The lowest BCUT2D eigenvalue weighted by atomic mass is 10.2. The maximum absolute atomic E-state index is 15.7. The zero-order valence-corrected chi connectivity index (χ0v) is 21.2. The van der Waals surface area contributed by atoms with Gasteiger partial charge in [0.15, 0.2) is 5.82 Å². The average Bonchev–Trinajstić information content (AvgIpc) is 2.93. The molecule has 0 unspecified atom stereocenters. The number of hydrogen-bond acceptors (Lipinski definition) is 8. The molecular weight excluding hydrogens is 505 g/mol. The van der Waals surface area contributed by atoms with Crippen LogP contribution in [0.4, 0.5) is 27.3 Å². The van der Waals surface area contributed by atoms with E-state index in [2.05, 4.69) is 30.9 Å². The van der Waals surface area contributed by atoms with Gasteiger partial charge in [-0.2, -0.15) is 0 Å². The van der Waals surface area contributed by atoms with Crippen molar-refractivity contribution >= 4 is 40.6 Å². The fourth-order valence-electron chi connectivity index (χ4n) is 3.64. The number of pyridine rings is 3. The van der Waals surface area contributed by atoms with Crippen molar-refractivity contribution < 1.29 is 23.5 Å². The van der Waals surface area contributed by atoms with Crippen LogP contribution in [-0.2, 0) is 4.79 Å². The molecule has 0 aliphatic rings. The molecule has 3 amide bonds. The van der Waals surface area contributed by atoms with Crippen LogP contribution in [0.3, 0.4) is 0 Å². The van der Waals surface area contributed by atoms with Crippen LogP contribution in [0.15, 0.2) is 73.2 Å². The van der Waals surface area contributed by atoms with E-state index in [1.165, 1.54) is 63.9 Å². The van der Waals surface area contributed by atoms with Gasteiger partial charge in [0.1, 0.15) is 28.7 Å². The van der Waals surface area contributed by atoms with Crippen LogP contribution < -0.4 is 25.6 Å². The molecule has 4 aromatic rings. The van der Waals surface area contributed by atoms with E-state index < -0.39 is 11.7 Å². The Morgan fingerprint density at radius 3 is 2.00 bits per heavy atom. The monoisotopic (exact) mass is 529 g/mol. The molecule has 0 aliphatic carbocycles. The van der Waals surface area contributed by atoms with Crippen LogP contribution >= 0.6 is 0 Å². The summed E-state index contributed by atoms with van der Waals surface area (Å²) in [6.45, 7) is 1.35. The van der Waals surface area contributed by atoms with Crippen LogP contribution in [0.2, 0.25) is 0 Å². The Morgan fingerprint density at radius 2 is 1.36 bits per heavy atom. The normalized spacial score (nSPS) is 10.4. The predicted molar refractivity (Wildman–Crippen MR) is 142 cm³/mol. The van der Waals surface area contributed by atoms with Crippen LogP contribution in [0.25, 0.3) is 0 Å². The highest BCUT2D eigenvalue weighted by Gasteiger charge is 2.20. The molecule has 0 fully saturated rings. The second-order valence-corrected chi connectivity index (χ2v) is 8.07. The van der Waals surface area contributed by atoms with Crippen molar-refractivity contribution in [2.24, 2.45) is 0 Å². The summed E-state index contributed by atoms with van der Waals surface area (Å²) < 4.78 is 21.5. The van der Waals surface area contributed by atoms with E-state index in [1.807, 2.05) is 0 Å². The number of anilines is 4. The first-order valence-electron chi connectivity index (χ1n) is 11.7. The number of ether oxygens (including phenoxy) is 1. The number of halogens is 1. The molecule has 0 aliphatic heterocycles. The number of carbonyl (C=O) groups excluding carboxylic acids is 3. The van der Waals surface area contributed by atoms with Crippen molar-refractivity contribution in [2.45, 2.75) is 6.92 Å². The number of carbonyl (C=O) groups is 3. The highest BCUT2D eigenvalue weighted by Crippen LogP contribution is 2.38. The number of rotatable bonds is 8. The lowest BCUT2D eigenvalue weighted by Gasteiger charge is -2.26. The molecule has 0 atom stereocenters.